The highest BCUT2D eigenvalue weighted by atomic mass is 79.9. The molecule has 0 spiro atoms. The van der Waals surface area contributed by atoms with Gasteiger partial charge in [-0.1, -0.05) is 6.07 Å². The van der Waals surface area contributed by atoms with Gasteiger partial charge in [0.2, 0.25) is 0 Å². The minimum atomic E-state index is -0.0773. The number of benzene rings is 1. The van der Waals surface area contributed by atoms with Gasteiger partial charge in [0.15, 0.2) is 0 Å². The van der Waals surface area contributed by atoms with E-state index in [1.807, 2.05) is 39.0 Å². The number of anilines is 2. The minimum absolute atomic E-state index is 0.0773. The summed E-state index contributed by atoms with van der Waals surface area (Å²) in [6, 6.07) is 7.71. The van der Waals surface area contributed by atoms with E-state index in [0.717, 1.165) is 10.2 Å². The van der Waals surface area contributed by atoms with Crippen molar-refractivity contribution < 1.29 is 4.79 Å². The predicted molar refractivity (Wildman–Crippen MR) is 96.2 cm³/mol. The highest BCUT2D eigenvalue weighted by Gasteiger charge is 2.16. The third-order valence-electron chi connectivity index (χ3n) is 3.50. The van der Waals surface area contributed by atoms with Gasteiger partial charge < -0.3 is 10.2 Å². The van der Waals surface area contributed by atoms with E-state index in [2.05, 4.69) is 31.2 Å². The molecule has 1 heterocycles. The molecule has 0 atom stereocenters. The molecule has 1 amide bonds. The number of carbonyl (C=O) groups is 1. The Hall–Kier alpha value is -1.95. The first-order chi connectivity index (χ1) is 10.9. The Kier molecular flexibility index (Phi) is 5.71. The lowest BCUT2D eigenvalue weighted by Gasteiger charge is -2.18. The summed E-state index contributed by atoms with van der Waals surface area (Å²) in [5.41, 5.74) is 2.47. The summed E-state index contributed by atoms with van der Waals surface area (Å²) in [5.74, 6) is 1.10. The van der Waals surface area contributed by atoms with Crippen LogP contribution in [-0.4, -0.2) is 33.9 Å². The monoisotopic (exact) mass is 376 g/mol. The molecule has 0 fully saturated rings. The second-order valence-electron chi connectivity index (χ2n) is 5.27. The van der Waals surface area contributed by atoms with Crippen LogP contribution in [0.15, 0.2) is 28.7 Å². The Bertz CT molecular complexity index is 714. The Morgan fingerprint density at radius 3 is 2.48 bits per heavy atom. The van der Waals surface area contributed by atoms with Crippen LogP contribution in [-0.2, 0) is 0 Å². The largest absolute Gasteiger partial charge is 0.339 e. The van der Waals surface area contributed by atoms with Gasteiger partial charge in [0.1, 0.15) is 17.3 Å². The van der Waals surface area contributed by atoms with E-state index in [1.165, 1.54) is 5.56 Å². The quantitative estimate of drug-likeness (QED) is 0.853. The van der Waals surface area contributed by atoms with E-state index in [4.69, 9.17) is 0 Å². The first kappa shape index (κ1) is 17.4. The second-order valence-corrected chi connectivity index (χ2v) is 6.13. The van der Waals surface area contributed by atoms with Gasteiger partial charge >= 0.3 is 0 Å². The van der Waals surface area contributed by atoms with Crippen LogP contribution in [0.3, 0.4) is 0 Å². The summed E-state index contributed by atoms with van der Waals surface area (Å²) in [6.45, 7) is 9.05. The summed E-state index contributed by atoms with van der Waals surface area (Å²) in [6.07, 6.45) is 0. The van der Waals surface area contributed by atoms with Crippen LogP contribution >= 0.6 is 15.9 Å². The van der Waals surface area contributed by atoms with Crippen molar-refractivity contribution in [1.82, 2.24) is 14.9 Å². The van der Waals surface area contributed by atoms with Crippen molar-refractivity contribution in [3.8, 4) is 0 Å². The normalized spacial score (nSPS) is 10.5. The summed E-state index contributed by atoms with van der Waals surface area (Å²) in [4.78, 5) is 22.9. The maximum Gasteiger partial charge on any atom is 0.272 e. The standard InChI is InChI=1S/C17H21BrN4O/c1-5-22(6-2)17(23)15-10-16(20-12(4)19-15)21-14-8-7-11(3)9-13(14)18/h7-10H,5-6H2,1-4H3,(H,19,20,21). The van der Waals surface area contributed by atoms with Gasteiger partial charge in [0, 0.05) is 23.6 Å². The molecule has 23 heavy (non-hydrogen) atoms. The number of halogens is 1. The van der Waals surface area contributed by atoms with E-state index in [9.17, 15) is 4.79 Å². The molecule has 0 radical (unpaired) electrons. The number of nitrogens with one attached hydrogen (secondary N) is 1. The first-order valence-electron chi connectivity index (χ1n) is 7.62. The van der Waals surface area contributed by atoms with Gasteiger partial charge in [-0.3, -0.25) is 4.79 Å². The Balaban J connectivity index is 2.32. The summed E-state index contributed by atoms with van der Waals surface area (Å²) in [5, 5.41) is 3.24. The van der Waals surface area contributed by atoms with E-state index in [1.54, 1.807) is 17.9 Å². The second kappa shape index (κ2) is 7.55. The molecular weight excluding hydrogens is 356 g/mol. The fraction of sp³-hybridized carbons (Fsp3) is 0.353. The highest BCUT2D eigenvalue weighted by Crippen LogP contribution is 2.26. The van der Waals surface area contributed by atoms with Crippen molar-refractivity contribution in [2.75, 3.05) is 18.4 Å². The molecule has 0 saturated carbocycles. The molecular formula is C17H21BrN4O. The molecule has 122 valence electrons. The van der Waals surface area contributed by atoms with E-state index in [0.29, 0.717) is 30.4 Å². The predicted octanol–water partition coefficient (Wildman–Crippen LogP) is 4.08. The number of aryl methyl sites for hydroxylation is 2. The molecule has 1 aromatic carbocycles. The number of hydrogen-bond acceptors (Lipinski definition) is 4. The van der Waals surface area contributed by atoms with Gasteiger partial charge in [0.25, 0.3) is 5.91 Å². The molecule has 6 heteroatoms. The number of nitrogens with zero attached hydrogens (tertiary/aromatic N) is 3. The Morgan fingerprint density at radius 2 is 1.87 bits per heavy atom. The number of aromatic nitrogens is 2. The van der Waals surface area contributed by atoms with Crippen LogP contribution in [0.25, 0.3) is 0 Å². The topological polar surface area (TPSA) is 58.1 Å². The van der Waals surface area contributed by atoms with Gasteiger partial charge in [-0.05, 0) is 61.3 Å². The zero-order valence-electron chi connectivity index (χ0n) is 13.9. The van der Waals surface area contributed by atoms with Crippen LogP contribution in [0, 0.1) is 13.8 Å². The van der Waals surface area contributed by atoms with Crippen LogP contribution in [0.2, 0.25) is 0 Å². The van der Waals surface area contributed by atoms with Crippen molar-refractivity contribution in [1.29, 1.82) is 0 Å². The molecule has 0 unspecified atom stereocenters. The third-order valence-corrected chi connectivity index (χ3v) is 4.15. The van der Waals surface area contributed by atoms with Gasteiger partial charge in [0.05, 0.1) is 5.69 Å². The summed E-state index contributed by atoms with van der Waals surface area (Å²) < 4.78 is 0.949. The third kappa shape index (κ3) is 4.28. The number of amides is 1. The van der Waals surface area contributed by atoms with E-state index < -0.39 is 0 Å². The summed E-state index contributed by atoms with van der Waals surface area (Å²) in [7, 11) is 0. The average molecular weight is 377 g/mol. The van der Waals surface area contributed by atoms with Crippen LogP contribution < -0.4 is 5.32 Å². The fourth-order valence-corrected chi connectivity index (χ4v) is 2.87. The van der Waals surface area contributed by atoms with Crippen LogP contribution in [0.1, 0.15) is 35.7 Å². The zero-order chi connectivity index (χ0) is 17.0. The van der Waals surface area contributed by atoms with Crippen molar-refractivity contribution in [2.24, 2.45) is 0 Å². The van der Waals surface area contributed by atoms with Gasteiger partial charge in [-0.2, -0.15) is 0 Å². The van der Waals surface area contributed by atoms with Crippen LogP contribution in [0.4, 0.5) is 11.5 Å². The smallest absolute Gasteiger partial charge is 0.272 e. The summed E-state index contributed by atoms with van der Waals surface area (Å²) >= 11 is 3.54. The number of rotatable bonds is 5. The SMILES string of the molecule is CCN(CC)C(=O)c1cc(Nc2ccc(C)cc2Br)nc(C)n1. The molecule has 5 nitrogen and oxygen atoms in total. The van der Waals surface area contributed by atoms with Crippen molar-refractivity contribution in [3.63, 3.8) is 0 Å². The van der Waals surface area contributed by atoms with E-state index >= 15 is 0 Å². The van der Waals surface area contributed by atoms with Crippen molar-refractivity contribution >= 4 is 33.3 Å². The highest BCUT2D eigenvalue weighted by molar-refractivity contribution is 9.10. The Morgan fingerprint density at radius 1 is 1.17 bits per heavy atom. The maximum atomic E-state index is 12.5. The zero-order valence-corrected chi connectivity index (χ0v) is 15.4. The first-order valence-corrected chi connectivity index (χ1v) is 8.42. The molecule has 0 aliphatic carbocycles. The lowest BCUT2D eigenvalue weighted by molar-refractivity contribution is 0.0766. The molecule has 1 aromatic heterocycles. The lowest BCUT2D eigenvalue weighted by Crippen LogP contribution is -2.31. The lowest BCUT2D eigenvalue weighted by atomic mass is 10.2. The number of carbonyl (C=O) groups excluding carboxylic acids is 1. The fourth-order valence-electron chi connectivity index (χ4n) is 2.27. The molecule has 1 N–H and O–H groups in total. The van der Waals surface area contributed by atoms with Crippen LogP contribution in [0.5, 0.6) is 0 Å². The molecule has 0 bridgehead atoms. The minimum Gasteiger partial charge on any atom is -0.339 e. The number of hydrogen-bond donors (Lipinski definition) is 1. The molecule has 2 aromatic rings. The van der Waals surface area contributed by atoms with Crippen molar-refractivity contribution in [3.05, 3.63) is 45.8 Å². The molecule has 2 rings (SSSR count). The van der Waals surface area contributed by atoms with Crippen molar-refractivity contribution in [2.45, 2.75) is 27.7 Å². The average Bonchev–Trinajstić information content (AvgIpc) is 2.50. The molecule has 0 aliphatic rings. The molecule has 0 saturated heterocycles. The molecule has 0 aliphatic heterocycles. The van der Waals surface area contributed by atoms with Gasteiger partial charge in [-0.25, -0.2) is 9.97 Å². The maximum absolute atomic E-state index is 12.5. The van der Waals surface area contributed by atoms with Gasteiger partial charge in [-0.15, -0.1) is 0 Å². The Labute approximate surface area is 145 Å². The van der Waals surface area contributed by atoms with E-state index in [-0.39, 0.29) is 5.91 Å².